The molecule has 0 amide bonds. The maximum atomic E-state index is 5.99. The topological polar surface area (TPSA) is 35.0 Å². The van der Waals surface area contributed by atoms with Gasteiger partial charge in [-0.2, -0.15) is 0 Å². The average molecular weight is 347 g/mol. The van der Waals surface area contributed by atoms with E-state index in [2.05, 4.69) is 9.97 Å². The molecular formula is C21H15ClN2O. The molecule has 3 aromatic carbocycles. The van der Waals surface area contributed by atoms with E-state index in [0.29, 0.717) is 11.6 Å². The van der Waals surface area contributed by atoms with Gasteiger partial charge in [-0.05, 0) is 54.1 Å². The van der Waals surface area contributed by atoms with Crippen molar-refractivity contribution < 1.29 is 4.74 Å². The van der Waals surface area contributed by atoms with Crippen LogP contribution in [-0.2, 0) is 6.61 Å². The zero-order valence-corrected chi connectivity index (χ0v) is 14.1. The van der Waals surface area contributed by atoms with Crippen molar-refractivity contribution >= 4 is 22.6 Å². The summed E-state index contributed by atoms with van der Waals surface area (Å²) in [4.78, 5) is 9.12. The maximum Gasteiger partial charge on any atom is 0.119 e. The largest absolute Gasteiger partial charge is 0.489 e. The highest BCUT2D eigenvalue weighted by Gasteiger charge is 2.03. The van der Waals surface area contributed by atoms with Crippen LogP contribution in [0.2, 0.25) is 5.02 Å². The van der Waals surface area contributed by atoms with Crippen molar-refractivity contribution in [1.29, 1.82) is 0 Å². The van der Waals surface area contributed by atoms with Crippen molar-refractivity contribution in [3.8, 4) is 17.0 Å². The molecule has 0 saturated heterocycles. The number of aromatic nitrogens is 2. The molecule has 0 aliphatic carbocycles. The van der Waals surface area contributed by atoms with E-state index in [1.54, 1.807) is 6.20 Å². The minimum absolute atomic E-state index is 0.482. The third kappa shape index (κ3) is 3.62. The molecule has 0 unspecified atom stereocenters. The van der Waals surface area contributed by atoms with Gasteiger partial charge >= 0.3 is 0 Å². The fraction of sp³-hybridized carbons (Fsp3) is 0.0476. The Kier molecular flexibility index (Phi) is 4.32. The number of hydrogen-bond acceptors (Lipinski definition) is 3. The Morgan fingerprint density at radius 2 is 1.64 bits per heavy atom. The second-order valence-corrected chi connectivity index (χ2v) is 6.12. The molecule has 1 heterocycles. The van der Waals surface area contributed by atoms with Crippen LogP contribution in [0.5, 0.6) is 5.75 Å². The van der Waals surface area contributed by atoms with Gasteiger partial charge in [0.25, 0.3) is 0 Å². The lowest BCUT2D eigenvalue weighted by Gasteiger charge is -2.08. The summed E-state index contributed by atoms with van der Waals surface area (Å²) >= 11 is 5.99. The number of fused-ring (bicyclic) bond motifs is 1. The molecule has 0 saturated carbocycles. The number of nitrogens with zero attached hydrogens (tertiary/aromatic N) is 2. The standard InChI is InChI=1S/C21H15ClN2O/c22-17-5-3-4-15(12-17)14-25-18-10-8-16(9-11-18)21-13-23-19-6-1-2-7-20(19)24-21/h1-13H,14H2. The number of benzene rings is 3. The predicted octanol–water partition coefficient (Wildman–Crippen LogP) is 5.53. The van der Waals surface area contributed by atoms with Crippen molar-refractivity contribution in [2.75, 3.05) is 0 Å². The Hall–Kier alpha value is -2.91. The van der Waals surface area contributed by atoms with Gasteiger partial charge in [0.05, 0.1) is 22.9 Å². The Morgan fingerprint density at radius 3 is 2.44 bits per heavy atom. The van der Waals surface area contributed by atoms with E-state index in [0.717, 1.165) is 33.6 Å². The Bertz CT molecular complexity index is 1020. The van der Waals surface area contributed by atoms with Gasteiger partial charge in [0, 0.05) is 10.6 Å². The third-order valence-electron chi connectivity index (χ3n) is 3.89. The first-order chi connectivity index (χ1) is 12.3. The van der Waals surface area contributed by atoms with Gasteiger partial charge in [0.1, 0.15) is 12.4 Å². The molecule has 0 radical (unpaired) electrons. The molecular weight excluding hydrogens is 332 g/mol. The second kappa shape index (κ2) is 6.91. The summed E-state index contributed by atoms with van der Waals surface area (Å²) in [5.74, 6) is 0.803. The molecule has 0 bridgehead atoms. The summed E-state index contributed by atoms with van der Waals surface area (Å²) in [5.41, 5.74) is 4.68. The van der Waals surface area contributed by atoms with Crippen LogP contribution in [0.3, 0.4) is 0 Å². The molecule has 4 heteroatoms. The van der Waals surface area contributed by atoms with Crippen LogP contribution in [0.4, 0.5) is 0 Å². The molecule has 4 rings (SSSR count). The van der Waals surface area contributed by atoms with Crippen LogP contribution in [0, 0.1) is 0 Å². The third-order valence-corrected chi connectivity index (χ3v) is 4.13. The van der Waals surface area contributed by atoms with Crippen molar-refractivity contribution in [2.45, 2.75) is 6.61 Å². The minimum atomic E-state index is 0.482. The van der Waals surface area contributed by atoms with Crippen LogP contribution in [-0.4, -0.2) is 9.97 Å². The quantitative estimate of drug-likeness (QED) is 0.487. The molecule has 0 aliphatic rings. The summed E-state index contributed by atoms with van der Waals surface area (Å²) in [6, 6.07) is 23.4. The van der Waals surface area contributed by atoms with Crippen LogP contribution in [0.1, 0.15) is 5.56 Å². The first kappa shape index (κ1) is 15.6. The normalized spacial score (nSPS) is 10.8. The van der Waals surface area contributed by atoms with Gasteiger partial charge in [0.15, 0.2) is 0 Å². The monoisotopic (exact) mass is 346 g/mol. The van der Waals surface area contributed by atoms with E-state index < -0.39 is 0 Å². The van der Waals surface area contributed by atoms with Gasteiger partial charge in [-0.15, -0.1) is 0 Å². The fourth-order valence-corrected chi connectivity index (χ4v) is 2.82. The average Bonchev–Trinajstić information content (AvgIpc) is 2.66. The van der Waals surface area contributed by atoms with Crippen LogP contribution in [0.15, 0.2) is 79.0 Å². The zero-order valence-electron chi connectivity index (χ0n) is 13.4. The first-order valence-corrected chi connectivity index (χ1v) is 8.35. The van der Waals surface area contributed by atoms with Gasteiger partial charge in [-0.1, -0.05) is 35.9 Å². The van der Waals surface area contributed by atoms with Crippen LogP contribution in [0.25, 0.3) is 22.3 Å². The van der Waals surface area contributed by atoms with Crippen molar-refractivity contribution in [2.24, 2.45) is 0 Å². The fourth-order valence-electron chi connectivity index (χ4n) is 2.61. The Morgan fingerprint density at radius 1 is 0.840 bits per heavy atom. The number of rotatable bonds is 4. The van der Waals surface area contributed by atoms with Gasteiger partial charge in [-0.3, -0.25) is 4.98 Å². The second-order valence-electron chi connectivity index (χ2n) is 5.69. The SMILES string of the molecule is Clc1cccc(COc2ccc(-c3cnc4ccccc4n3)cc2)c1. The highest BCUT2D eigenvalue weighted by molar-refractivity contribution is 6.30. The van der Waals surface area contributed by atoms with E-state index in [9.17, 15) is 0 Å². The summed E-state index contributed by atoms with van der Waals surface area (Å²) in [6.45, 7) is 0.482. The van der Waals surface area contributed by atoms with Gasteiger partial charge in [-0.25, -0.2) is 4.98 Å². The van der Waals surface area contributed by atoms with E-state index in [1.165, 1.54) is 0 Å². The number of para-hydroxylation sites is 2. The molecule has 0 fully saturated rings. The Labute approximate surface area is 150 Å². The maximum absolute atomic E-state index is 5.99. The number of halogens is 1. The lowest BCUT2D eigenvalue weighted by molar-refractivity contribution is 0.306. The molecule has 0 N–H and O–H groups in total. The zero-order chi connectivity index (χ0) is 17.1. The molecule has 25 heavy (non-hydrogen) atoms. The summed E-state index contributed by atoms with van der Waals surface area (Å²) in [5, 5.41) is 0.714. The van der Waals surface area contributed by atoms with E-state index in [-0.39, 0.29) is 0 Å². The van der Waals surface area contributed by atoms with Gasteiger partial charge in [0.2, 0.25) is 0 Å². The van der Waals surface area contributed by atoms with Crippen molar-refractivity contribution in [3.63, 3.8) is 0 Å². The summed E-state index contributed by atoms with van der Waals surface area (Å²) in [6.07, 6.45) is 1.80. The lowest BCUT2D eigenvalue weighted by atomic mass is 10.1. The van der Waals surface area contributed by atoms with Crippen LogP contribution < -0.4 is 4.74 Å². The van der Waals surface area contributed by atoms with Crippen LogP contribution >= 0.6 is 11.6 Å². The predicted molar refractivity (Wildman–Crippen MR) is 101 cm³/mol. The summed E-state index contributed by atoms with van der Waals surface area (Å²) in [7, 11) is 0. The first-order valence-electron chi connectivity index (χ1n) is 7.97. The lowest BCUT2D eigenvalue weighted by Crippen LogP contribution is -1.95. The molecule has 0 atom stereocenters. The summed E-state index contributed by atoms with van der Waals surface area (Å²) < 4.78 is 5.81. The van der Waals surface area contributed by atoms with Crippen molar-refractivity contribution in [1.82, 2.24) is 9.97 Å². The Balaban J connectivity index is 1.50. The molecule has 3 nitrogen and oxygen atoms in total. The smallest absolute Gasteiger partial charge is 0.119 e. The highest BCUT2D eigenvalue weighted by atomic mass is 35.5. The van der Waals surface area contributed by atoms with Gasteiger partial charge < -0.3 is 4.74 Å². The van der Waals surface area contributed by atoms with E-state index >= 15 is 0 Å². The molecule has 4 aromatic rings. The van der Waals surface area contributed by atoms with E-state index in [1.807, 2.05) is 72.8 Å². The molecule has 0 spiro atoms. The molecule has 1 aromatic heterocycles. The number of ether oxygens (including phenoxy) is 1. The van der Waals surface area contributed by atoms with E-state index in [4.69, 9.17) is 16.3 Å². The minimum Gasteiger partial charge on any atom is -0.489 e. The number of hydrogen-bond donors (Lipinski definition) is 0. The molecule has 122 valence electrons. The highest BCUT2D eigenvalue weighted by Crippen LogP contribution is 2.23. The van der Waals surface area contributed by atoms with Crippen molar-refractivity contribution in [3.05, 3.63) is 89.6 Å². The molecule has 0 aliphatic heterocycles.